The zero-order valence-electron chi connectivity index (χ0n) is 35.8. The first-order valence-corrected chi connectivity index (χ1v) is 22.2. The summed E-state index contributed by atoms with van der Waals surface area (Å²) in [6.45, 7) is 4.77. The van der Waals surface area contributed by atoms with E-state index in [1.165, 1.54) is 77.9 Å². The van der Waals surface area contributed by atoms with Crippen LogP contribution in [-0.2, 0) is 10.8 Å². The van der Waals surface area contributed by atoms with Gasteiger partial charge in [0.1, 0.15) is 0 Å². The number of nitrogens with zero attached hydrogens (tertiary/aromatic N) is 2. The van der Waals surface area contributed by atoms with E-state index < -0.39 is 5.41 Å². The largest absolute Gasteiger partial charge is 0.228 e. The minimum Gasteiger partial charge on any atom is -0.228 e. The van der Waals surface area contributed by atoms with Gasteiger partial charge in [-0.05, 0) is 108 Å². The second-order valence-corrected chi connectivity index (χ2v) is 17.7. The van der Waals surface area contributed by atoms with E-state index in [4.69, 9.17) is 9.97 Å². The first kappa shape index (κ1) is 37.8. The fraction of sp³-hybridized carbons (Fsp3) is 0.0645. The summed E-state index contributed by atoms with van der Waals surface area (Å²) in [6, 6.07) is 84.1. The molecule has 10 aromatic rings. The molecule has 0 saturated carbocycles. The Morgan fingerprint density at radius 3 is 1.30 bits per heavy atom. The van der Waals surface area contributed by atoms with E-state index in [-0.39, 0.29) is 5.41 Å². The molecular formula is C62H44N2. The Labute approximate surface area is 375 Å². The van der Waals surface area contributed by atoms with Crippen LogP contribution in [0, 0.1) is 0 Å². The molecule has 2 heteroatoms. The molecule has 0 amide bonds. The van der Waals surface area contributed by atoms with Crippen LogP contribution in [0.2, 0.25) is 0 Å². The summed E-state index contributed by atoms with van der Waals surface area (Å²) in [5.74, 6) is 0.706. The number of hydrogen-bond acceptors (Lipinski definition) is 2. The van der Waals surface area contributed by atoms with E-state index in [0.717, 1.165) is 28.1 Å². The zero-order chi connectivity index (χ0) is 42.8. The van der Waals surface area contributed by atoms with Gasteiger partial charge in [0.25, 0.3) is 0 Å². The molecule has 0 fully saturated rings. The molecule has 0 atom stereocenters. The predicted octanol–water partition coefficient (Wildman–Crippen LogP) is 15.5. The van der Waals surface area contributed by atoms with E-state index in [9.17, 15) is 0 Å². The fourth-order valence-corrected chi connectivity index (χ4v) is 10.8. The molecule has 1 aromatic heterocycles. The van der Waals surface area contributed by atoms with Crippen molar-refractivity contribution in [2.24, 2.45) is 0 Å². The summed E-state index contributed by atoms with van der Waals surface area (Å²) in [6.07, 6.45) is 0. The third-order valence-electron chi connectivity index (χ3n) is 13.8. The summed E-state index contributed by atoms with van der Waals surface area (Å²) < 4.78 is 0. The van der Waals surface area contributed by atoms with Crippen molar-refractivity contribution in [2.75, 3.05) is 0 Å². The second-order valence-electron chi connectivity index (χ2n) is 17.7. The van der Waals surface area contributed by atoms with Gasteiger partial charge < -0.3 is 0 Å². The Balaban J connectivity index is 1.17. The maximum absolute atomic E-state index is 5.45. The smallest absolute Gasteiger partial charge is 0.160 e. The van der Waals surface area contributed by atoms with Crippen LogP contribution in [0.5, 0.6) is 0 Å². The summed E-state index contributed by atoms with van der Waals surface area (Å²) >= 11 is 0. The third kappa shape index (κ3) is 5.87. The summed E-state index contributed by atoms with van der Waals surface area (Å²) in [4.78, 5) is 10.7. The van der Waals surface area contributed by atoms with Crippen LogP contribution < -0.4 is 0 Å². The van der Waals surface area contributed by atoms with E-state index in [1.807, 2.05) is 6.07 Å². The van der Waals surface area contributed by atoms with Gasteiger partial charge in [0, 0.05) is 22.1 Å². The van der Waals surface area contributed by atoms with Crippen molar-refractivity contribution in [3.8, 4) is 78.4 Å². The van der Waals surface area contributed by atoms with Crippen LogP contribution in [-0.4, -0.2) is 9.97 Å². The summed E-state index contributed by atoms with van der Waals surface area (Å²) in [7, 11) is 0. The zero-order valence-corrected chi connectivity index (χ0v) is 35.8. The van der Waals surface area contributed by atoms with Gasteiger partial charge in [-0.1, -0.05) is 214 Å². The van der Waals surface area contributed by atoms with Gasteiger partial charge >= 0.3 is 0 Å². The lowest BCUT2D eigenvalue weighted by Crippen LogP contribution is -2.40. The van der Waals surface area contributed by atoms with Crippen molar-refractivity contribution in [2.45, 2.75) is 24.7 Å². The average molecular weight is 817 g/mol. The Morgan fingerprint density at radius 1 is 0.281 bits per heavy atom. The first-order chi connectivity index (χ1) is 31.5. The molecule has 0 aliphatic heterocycles. The molecule has 12 rings (SSSR count). The van der Waals surface area contributed by atoms with E-state index in [1.54, 1.807) is 0 Å². The van der Waals surface area contributed by atoms with Crippen LogP contribution in [0.3, 0.4) is 0 Å². The molecule has 9 aromatic carbocycles. The molecule has 0 bridgehead atoms. The molecular weight excluding hydrogens is 773 g/mol. The Hall–Kier alpha value is -7.94. The summed E-state index contributed by atoms with van der Waals surface area (Å²) in [5.41, 5.74) is 21.6. The monoisotopic (exact) mass is 816 g/mol. The van der Waals surface area contributed by atoms with Crippen molar-refractivity contribution in [3.05, 3.63) is 264 Å². The first-order valence-electron chi connectivity index (χ1n) is 22.2. The van der Waals surface area contributed by atoms with Crippen molar-refractivity contribution in [3.63, 3.8) is 0 Å². The lowest BCUT2D eigenvalue weighted by molar-refractivity contribution is 0.563. The van der Waals surface area contributed by atoms with Crippen LogP contribution in [0.25, 0.3) is 78.4 Å². The highest BCUT2D eigenvalue weighted by molar-refractivity contribution is 5.98. The SMILES string of the molecule is CC1(C)c2ccccc2C2(c3ccc(-c4cc(-c5ccccc5)cc(-c5ccccc5)c4)cc3-c3c(-c4cc(-c5ccccc5)nc(-c5ccccc5)n4)cccc32)c2ccccc21. The molecule has 0 N–H and O–H groups in total. The maximum Gasteiger partial charge on any atom is 0.160 e. The Kier molecular flexibility index (Phi) is 8.77. The van der Waals surface area contributed by atoms with E-state index in [0.29, 0.717) is 5.82 Å². The molecule has 64 heavy (non-hydrogen) atoms. The van der Waals surface area contributed by atoms with Crippen LogP contribution >= 0.6 is 0 Å². The van der Waals surface area contributed by atoms with Gasteiger partial charge in [-0.25, -0.2) is 9.97 Å². The number of aromatic nitrogens is 2. The van der Waals surface area contributed by atoms with Gasteiger partial charge in [-0.2, -0.15) is 0 Å². The highest BCUT2D eigenvalue weighted by Crippen LogP contribution is 2.63. The third-order valence-corrected chi connectivity index (χ3v) is 13.8. The van der Waals surface area contributed by atoms with Gasteiger partial charge in [0.2, 0.25) is 0 Å². The lowest BCUT2D eigenvalue weighted by atomic mass is 9.55. The van der Waals surface area contributed by atoms with Gasteiger partial charge in [-0.3, -0.25) is 0 Å². The minimum atomic E-state index is -0.569. The highest BCUT2D eigenvalue weighted by Gasteiger charge is 2.53. The molecule has 2 nitrogen and oxygen atoms in total. The highest BCUT2D eigenvalue weighted by atomic mass is 14.9. The fourth-order valence-electron chi connectivity index (χ4n) is 10.8. The van der Waals surface area contributed by atoms with Gasteiger partial charge in [-0.15, -0.1) is 0 Å². The number of hydrogen-bond donors (Lipinski definition) is 0. The quantitative estimate of drug-likeness (QED) is 0.167. The Bertz CT molecular complexity index is 3220. The number of benzene rings is 9. The van der Waals surface area contributed by atoms with Crippen molar-refractivity contribution in [1.29, 1.82) is 0 Å². The normalized spacial score (nSPS) is 13.7. The molecule has 1 spiro atoms. The number of fused-ring (bicyclic) bond motifs is 9. The van der Waals surface area contributed by atoms with Crippen molar-refractivity contribution >= 4 is 0 Å². The van der Waals surface area contributed by atoms with Gasteiger partial charge in [0.15, 0.2) is 5.82 Å². The van der Waals surface area contributed by atoms with E-state index in [2.05, 4.69) is 238 Å². The maximum atomic E-state index is 5.45. The molecule has 2 aliphatic carbocycles. The van der Waals surface area contributed by atoms with Crippen molar-refractivity contribution < 1.29 is 0 Å². The minimum absolute atomic E-state index is 0.202. The molecule has 0 saturated heterocycles. The summed E-state index contributed by atoms with van der Waals surface area (Å²) in [5, 5.41) is 0. The van der Waals surface area contributed by atoms with Crippen LogP contribution in [0.1, 0.15) is 47.2 Å². The van der Waals surface area contributed by atoms with Gasteiger partial charge in [0.05, 0.1) is 16.8 Å². The van der Waals surface area contributed by atoms with Crippen LogP contribution in [0.4, 0.5) is 0 Å². The topological polar surface area (TPSA) is 25.8 Å². The Morgan fingerprint density at radius 2 is 0.734 bits per heavy atom. The average Bonchev–Trinajstić information content (AvgIpc) is 3.67. The molecule has 0 radical (unpaired) electrons. The lowest BCUT2D eigenvalue weighted by Gasteiger charge is -2.46. The molecule has 2 aliphatic rings. The second kappa shape index (κ2) is 14.9. The van der Waals surface area contributed by atoms with Crippen molar-refractivity contribution in [1.82, 2.24) is 9.97 Å². The number of rotatable bonds is 6. The molecule has 0 unspecified atom stereocenters. The van der Waals surface area contributed by atoms with E-state index >= 15 is 0 Å². The predicted molar refractivity (Wildman–Crippen MR) is 264 cm³/mol. The standard InChI is InChI=1S/C62H44N2/c1-61(2)52-29-15-17-31-54(52)62(55-32-18-16-30-53(55)61)51-35-34-45(48-37-46(41-20-7-3-8-21-41)36-47(38-48)42-22-9-4-10-23-42)39-50(51)59-49(28-19-33-56(59)62)58-40-57(43-24-11-5-12-25-43)63-60(64-58)44-26-13-6-14-27-44/h3-40H,1-2H3. The molecule has 1 heterocycles. The van der Waals surface area contributed by atoms with Crippen LogP contribution in [0.15, 0.2) is 231 Å². The molecule has 302 valence electrons.